The van der Waals surface area contributed by atoms with Gasteiger partial charge in [-0.05, 0) is 18.4 Å². The Morgan fingerprint density at radius 1 is 0.906 bits per heavy atom. The molecule has 0 aromatic heterocycles. The van der Waals surface area contributed by atoms with Gasteiger partial charge in [-0.2, -0.15) is 0 Å². The molecule has 6 nitrogen and oxygen atoms in total. The summed E-state index contributed by atoms with van der Waals surface area (Å²) in [6.07, 6.45) is 13.2. The Hall–Kier alpha value is -1.92. The van der Waals surface area contributed by atoms with Gasteiger partial charge in [0.2, 0.25) is 0 Å². The minimum Gasteiger partial charge on any atom is -0.462 e. The highest BCUT2D eigenvalue weighted by Gasteiger charge is 2.21. The number of esters is 2. The zero-order valence-electron chi connectivity index (χ0n) is 19.8. The quantitative estimate of drug-likeness (QED) is 0.234. The SMILES string of the molecule is CCCCCCCCCCCCCC(=O)OCC(CO)OC(=O)[C@@H](N)Cc1ccccc1. The molecule has 0 aliphatic heterocycles. The third kappa shape index (κ3) is 14.2. The first-order valence-corrected chi connectivity index (χ1v) is 12.3. The van der Waals surface area contributed by atoms with Crippen molar-refractivity contribution in [2.45, 2.75) is 103 Å². The lowest BCUT2D eigenvalue weighted by atomic mass is 10.1. The first-order chi connectivity index (χ1) is 15.6. The Kier molecular flexibility index (Phi) is 16.4. The molecule has 0 bridgehead atoms. The highest BCUT2D eigenvalue weighted by atomic mass is 16.6. The Morgan fingerprint density at radius 3 is 2.03 bits per heavy atom. The number of benzene rings is 1. The number of nitrogens with two attached hydrogens (primary N) is 1. The van der Waals surface area contributed by atoms with E-state index < -0.39 is 24.7 Å². The van der Waals surface area contributed by atoms with Gasteiger partial charge in [-0.1, -0.05) is 101 Å². The molecule has 0 spiro atoms. The normalized spacial score (nSPS) is 12.8. The van der Waals surface area contributed by atoms with E-state index in [9.17, 15) is 14.7 Å². The van der Waals surface area contributed by atoms with Gasteiger partial charge in [0.25, 0.3) is 0 Å². The lowest BCUT2D eigenvalue weighted by molar-refractivity contribution is -0.162. The first-order valence-electron chi connectivity index (χ1n) is 12.3. The van der Waals surface area contributed by atoms with Crippen molar-refractivity contribution in [1.29, 1.82) is 0 Å². The molecular weight excluding hydrogens is 406 g/mol. The molecule has 0 amide bonds. The van der Waals surface area contributed by atoms with E-state index in [-0.39, 0.29) is 12.6 Å². The number of unbranched alkanes of at least 4 members (excludes halogenated alkanes) is 10. The molecular formula is C26H43NO5. The topological polar surface area (TPSA) is 98.9 Å². The van der Waals surface area contributed by atoms with Crippen molar-refractivity contribution in [3.05, 3.63) is 35.9 Å². The van der Waals surface area contributed by atoms with E-state index in [1.165, 1.54) is 51.4 Å². The van der Waals surface area contributed by atoms with Crippen molar-refractivity contribution in [2.75, 3.05) is 13.2 Å². The van der Waals surface area contributed by atoms with E-state index >= 15 is 0 Å². The molecule has 1 aromatic rings. The summed E-state index contributed by atoms with van der Waals surface area (Å²) in [7, 11) is 0. The fourth-order valence-corrected chi connectivity index (χ4v) is 3.52. The summed E-state index contributed by atoms with van der Waals surface area (Å²) < 4.78 is 10.4. The maximum Gasteiger partial charge on any atom is 0.323 e. The van der Waals surface area contributed by atoms with Crippen LogP contribution < -0.4 is 5.73 Å². The number of hydrogen-bond donors (Lipinski definition) is 2. The van der Waals surface area contributed by atoms with Crippen molar-refractivity contribution in [3.63, 3.8) is 0 Å². The summed E-state index contributed by atoms with van der Waals surface area (Å²) >= 11 is 0. The van der Waals surface area contributed by atoms with Crippen LogP contribution >= 0.6 is 0 Å². The number of aliphatic hydroxyl groups excluding tert-OH is 1. The Labute approximate surface area is 193 Å². The first kappa shape index (κ1) is 28.1. The van der Waals surface area contributed by atoms with Gasteiger partial charge in [-0.3, -0.25) is 9.59 Å². The monoisotopic (exact) mass is 449 g/mol. The lowest BCUT2D eigenvalue weighted by Gasteiger charge is -2.18. The average molecular weight is 450 g/mol. The molecule has 0 aliphatic carbocycles. The molecule has 0 aliphatic rings. The van der Waals surface area contributed by atoms with Crippen LogP contribution in [0.25, 0.3) is 0 Å². The van der Waals surface area contributed by atoms with Crippen molar-refractivity contribution >= 4 is 11.9 Å². The third-order valence-corrected chi connectivity index (χ3v) is 5.50. The number of aliphatic hydroxyl groups is 1. The van der Waals surface area contributed by atoms with Crippen molar-refractivity contribution in [2.24, 2.45) is 5.73 Å². The van der Waals surface area contributed by atoms with Gasteiger partial charge in [0.15, 0.2) is 6.10 Å². The van der Waals surface area contributed by atoms with E-state index in [0.29, 0.717) is 12.8 Å². The molecule has 0 heterocycles. The fraction of sp³-hybridized carbons (Fsp3) is 0.692. The van der Waals surface area contributed by atoms with Crippen LogP contribution in [-0.4, -0.2) is 42.4 Å². The van der Waals surface area contributed by atoms with E-state index in [4.69, 9.17) is 15.2 Å². The van der Waals surface area contributed by atoms with Crippen LogP contribution in [0.5, 0.6) is 0 Å². The predicted octanol–water partition coefficient (Wildman–Crippen LogP) is 4.70. The summed E-state index contributed by atoms with van der Waals surface area (Å²) in [4.78, 5) is 24.1. The molecule has 0 saturated heterocycles. The molecule has 1 rings (SSSR count). The third-order valence-electron chi connectivity index (χ3n) is 5.50. The fourth-order valence-electron chi connectivity index (χ4n) is 3.52. The van der Waals surface area contributed by atoms with Crippen LogP contribution in [0.2, 0.25) is 0 Å². The highest BCUT2D eigenvalue weighted by molar-refractivity contribution is 5.76. The number of rotatable bonds is 19. The van der Waals surface area contributed by atoms with E-state index in [0.717, 1.165) is 24.8 Å². The number of hydrogen-bond acceptors (Lipinski definition) is 6. The van der Waals surface area contributed by atoms with Crippen molar-refractivity contribution in [3.8, 4) is 0 Å². The highest BCUT2D eigenvalue weighted by Crippen LogP contribution is 2.12. The summed E-state index contributed by atoms with van der Waals surface area (Å²) in [6, 6.07) is 8.57. The molecule has 1 aromatic carbocycles. The van der Waals surface area contributed by atoms with Gasteiger partial charge in [-0.15, -0.1) is 0 Å². The van der Waals surface area contributed by atoms with Crippen LogP contribution in [0.1, 0.15) is 89.5 Å². The minimum absolute atomic E-state index is 0.156. The summed E-state index contributed by atoms with van der Waals surface area (Å²) in [5.41, 5.74) is 6.82. The van der Waals surface area contributed by atoms with Gasteiger partial charge >= 0.3 is 11.9 Å². The predicted molar refractivity (Wildman–Crippen MR) is 127 cm³/mol. The standard InChI is InChI=1S/C26H43NO5/c1-2-3-4-5-6-7-8-9-10-11-15-18-25(29)31-21-23(20-28)32-26(30)24(27)19-22-16-13-12-14-17-22/h12-14,16-17,23-24,28H,2-11,15,18-21,27H2,1H3/t23?,24-/m0/s1. The largest absolute Gasteiger partial charge is 0.462 e. The molecule has 2 atom stereocenters. The minimum atomic E-state index is -0.898. The van der Waals surface area contributed by atoms with Crippen molar-refractivity contribution in [1.82, 2.24) is 0 Å². The van der Waals surface area contributed by atoms with E-state index in [1.807, 2.05) is 30.3 Å². The lowest BCUT2D eigenvalue weighted by Crippen LogP contribution is -2.39. The molecule has 0 radical (unpaired) electrons. The molecule has 0 saturated carbocycles. The molecule has 182 valence electrons. The average Bonchev–Trinajstić information content (AvgIpc) is 2.80. The zero-order chi connectivity index (χ0) is 23.4. The summed E-state index contributed by atoms with van der Waals surface area (Å²) in [6.45, 7) is 1.66. The molecule has 6 heteroatoms. The van der Waals surface area contributed by atoms with E-state index in [2.05, 4.69) is 6.92 Å². The molecule has 32 heavy (non-hydrogen) atoms. The van der Waals surface area contributed by atoms with Gasteiger partial charge in [0.1, 0.15) is 12.6 Å². The number of carbonyl (C=O) groups is 2. The van der Waals surface area contributed by atoms with Crippen LogP contribution in [0.3, 0.4) is 0 Å². The van der Waals surface area contributed by atoms with Crippen LogP contribution in [-0.2, 0) is 25.5 Å². The summed E-state index contributed by atoms with van der Waals surface area (Å²) in [5, 5.41) is 9.43. The van der Waals surface area contributed by atoms with Gasteiger partial charge < -0.3 is 20.3 Å². The maximum atomic E-state index is 12.1. The Balaban J connectivity index is 2.08. The molecule has 0 fully saturated rings. The maximum absolute atomic E-state index is 12.1. The van der Waals surface area contributed by atoms with Gasteiger partial charge in [0.05, 0.1) is 6.61 Å². The second-order valence-corrected chi connectivity index (χ2v) is 8.51. The van der Waals surface area contributed by atoms with Crippen LogP contribution in [0.15, 0.2) is 30.3 Å². The van der Waals surface area contributed by atoms with E-state index in [1.54, 1.807) is 0 Å². The van der Waals surface area contributed by atoms with Gasteiger partial charge in [-0.25, -0.2) is 0 Å². The smallest absolute Gasteiger partial charge is 0.323 e. The van der Waals surface area contributed by atoms with Gasteiger partial charge in [0, 0.05) is 6.42 Å². The number of ether oxygens (including phenoxy) is 2. The second kappa shape index (κ2) is 18.6. The number of carbonyl (C=O) groups excluding carboxylic acids is 2. The Morgan fingerprint density at radius 2 is 1.47 bits per heavy atom. The zero-order valence-corrected chi connectivity index (χ0v) is 19.8. The van der Waals surface area contributed by atoms with Crippen molar-refractivity contribution < 1.29 is 24.2 Å². The molecule has 1 unspecified atom stereocenters. The summed E-state index contributed by atoms with van der Waals surface area (Å²) in [5.74, 6) is -0.946. The second-order valence-electron chi connectivity index (χ2n) is 8.51. The van der Waals surface area contributed by atoms with Crippen LogP contribution in [0, 0.1) is 0 Å². The molecule has 3 N–H and O–H groups in total. The Bertz CT molecular complexity index is 607. The van der Waals surface area contributed by atoms with Crippen LogP contribution in [0.4, 0.5) is 0 Å².